The van der Waals surface area contributed by atoms with Gasteiger partial charge in [-0.2, -0.15) is 5.10 Å². The van der Waals surface area contributed by atoms with E-state index in [0.29, 0.717) is 11.6 Å². The van der Waals surface area contributed by atoms with E-state index in [4.69, 9.17) is 11.6 Å². The van der Waals surface area contributed by atoms with Crippen LogP contribution in [0, 0.1) is 5.92 Å². The minimum absolute atomic E-state index is 0.0403. The van der Waals surface area contributed by atoms with E-state index in [1.54, 1.807) is 28.9 Å². The summed E-state index contributed by atoms with van der Waals surface area (Å²) in [6.07, 6.45) is 3.76. The van der Waals surface area contributed by atoms with E-state index in [-0.39, 0.29) is 24.3 Å². The number of amides is 2. The molecule has 2 amide bonds. The van der Waals surface area contributed by atoms with Crippen LogP contribution in [0.1, 0.15) is 23.6 Å². The number of likely N-dealkylation sites (tertiary alicyclic amines) is 1. The van der Waals surface area contributed by atoms with Crippen molar-refractivity contribution in [2.45, 2.75) is 19.0 Å². The van der Waals surface area contributed by atoms with Crippen LogP contribution in [0.25, 0.3) is 0 Å². The van der Waals surface area contributed by atoms with Crippen molar-refractivity contribution >= 4 is 23.4 Å². The van der Waals surface area contributed by atoms with Gasteiger partial charge < -0.3 is 10.2 Å². The zero-order valence-corrected chi connectivity index (χ0v) is 14.3. The van der Waals surface area contributed by atoms with Crippen molar-refractivity contribution in [3.63, 3.8) is 0 Å². The van der Waals surface area contributed by atoms with Gasteiger partial charge in [-0.15, -0.1) is 0 Å². The molecule has 2 atom stereocenters. The number of nitrogens with zero attached hydrogens (tertiary/aromatic N) is 3. The minimum Gasteiger partial charge on any atom is -0.352 e. The molecule has 126 valence electrons. The number of nitrogens with one attached hydrogen (secondary N) is 1. The normalized spacial score (nSPS) is 20.5. The van der Waals surface area contributed by atoms with Crippen LogP contribution in [0.2, 0.25) is 5.02 Å². The molecule has 1 fully saturated rings. The Labute approximate surface area is 145 Å². The third-order valence-corrected chi connectivity index (χ3v) is 4.57. The van der Waals surface area contributed by atoms with Crippen molar-refractivity contribution in [1.82, 2.24) is 20.0 Å². The van der Waals surface area contributed by atoms with Gasteiger partial charge in [0, 0.05) is 43.8 Å². The summed E-state index contributed by atoms with van der Waals surface area (Å²) in [4.78, 5) is 26.4. The smallest absolute Gasteiger partial charge is 0.226 e. The monoisotopic (exact) mass is 346 g/mol. The Balaban J connectivity index is 1.76. The molecule has 7 heteroatoms. The largest absolute Gasteiger partial charge is 0.352 e. The lowest BCUT2D eigenvalue weighted by molar-refractivity contribution is -0.128. The molecule has 1 aliphatic rings. The Bertz CT molecular complexity index is 773. The minimum atomic E-state index is -0.433. The summed E-state index contributed by atoms with van der Waals surface area (Å²) in [7, 11) is 3.55. The fourth-order valence-electron chi connectivity index (χ4n) is 3.13. The number of carbonyl (C=O) groups excluding carboxylic acids is 2. The third kappa shape index (κ3) is 3.28. The van der Waals surface area contributed by atoms with E-state index in [2.05, 4.69) is 10.4 Å². The number of hydrogen-bond acceptors (Lipinski definition) is 3. The number of aromatic nitrogens is 2. The Morgan fingerprint density at radius 2 is 2.21 bits per heavy atom. The van der Waals surface area contributed by atoms with Crippen LogP contribution in [-0.4, -0.2) is 33.5 Å². The van der Waals surface area contributed by atoms with Crippen molar-refractivity contribution in [1.29, 1.82) is 0 Å². The molecule has 0 spiro atoms. The van der Waals surface area contributed by atoms with Crippen molar-refractivity contribution in [2.24, 2.45) is 13.0 Å². The van der Waals surface area contributed by atoms with Gasteiger partial charge in [-0.3, -0.25) is 14.3 Å². The van der Waals surface area contributed by atoms with Crippen LogP contribution in [0.3, 0.4) is 0 Å². The quantitative estimate of drug-likeness (QED) is 0.919. The van der Waals surface area contributed by atoms with Crippen LogP contribution in [0.15, 0.2) is 36.7 Å². The van der Waals surface area contributed by atoms with E-state index >= 15 is 0 Å². The first-order valence-electron chi connectivity index (χ1n) is 7.72. The molecule has 6 nitrogen and oxygen atoms in total. The van der Waals surface area contributed by atoms with Gasteiger partial charge in [0.15, 0.2) is 0 Å². The number of aryl methyl sites for hydroxylation is 1. The molecule has 0 radical (unpaired) electrons. The first kappa shape index (κ1) is 16.5. The Morgan fingerprint density at radius 3 is 2.88 bits per heavy atom. The molecule has 1 N–H and O–H groups in total. The second kappa shape index (κ2) is 6.65. The lowest BCUT2D eigenvalue weighted by atomic mass is 9.93. The van der Waals surface area contributed by atoms with Gasteiger partial charge in [-0.25, -0.2) is 0 Å². The predicted octanol–water partition coefficient (Wildman–Crippen LogP) is 1.91. The van der Waals surface area contributed by atoms with Crippen LogP contribution in [0.4, 0.5) is 0 Å². The van der Waals surface area contributed by atoms with E-state index < -0.39 is 5.92 Å². The van der Waals surface area contributed by atoms with E-state index in [1.165, 1.54) is 0 Å². The zero-order chi connectivity index (χ0) is 17.3. The van der Waals surface area contributed by atoms with Crippen molar-refractivity contribution in [3.8, 4) is 0 Å². The first-order valence-corrected chi connectivity index (χ1v) is 8.10. The molecular formula is C17H19ClN4O2. The van der Waals surface area contributed by atoms with E-state index in [1.807, 2.05) is 31.4 Å². The molecule has 1 aliphatic heterocycles. The van der Waals surface area contributed by atoms with Crippen LogP contribution in [-0.2, 0) is 23.2 Å². The zero-order valence-electron chi connectivity index (χ0n) is 13.6. The molecule has 24 heavy (non-hydrogen) atoms. The van der Waals surface area contributed by atoms with Crippen LogP contribution >= 0.6 is 11.6 Å². The maximum Gasteiger partial charge on any atom is 0.226 e. The summed E-state index contributed by atoms with van der Waals surface area (Å²) in [5.41, 5.74) is 1.79. The summed E-state index contributed by atoms with van der Waals surface area (Å²) < 4.78 is 1.68. The SMILES string of the molecule is CN1C(=O)C[C@H](C(=O)NCc2cnn(C)c2)[C@H]1c1cccc(Cl)c1. The first-order chi connectivity index (χ1) is 11.5. The Morgan fingerprint density at radius 1 is 1.42 bits per heavy atom. The van der Waals surface area contributed by atoms with Crippen molar-refractivity contribution in [3.05, 3.63) is 52.8 Å². The number of benzene rings is 1. The Kier molecular flexibility index (Phi) is 4.57. The summed E-state index contributed by atoms with van der Waals surface area (Å²) in [5, 5.41) is 7.57. The highest BCUT2D eigenvalue weighted by Crippen LogP contribution is 2.37. The van der Waals surface area contributed by atoms with E-state index in [9.17, 15) is 9.59 Å². The molecule has 1 saturated heterocycles. The molecule has 2 heterocycles. The Hall–Kier alpha value is -2.34. The van der Waals surface area contributed by atoms with Gasteiger partial charge in [0.2, 0.25) is 11.8 Å². The highest BCUT2D eigenvalue weighted by molar-refractivity contribution is 6.30. The summed E-state index contributed by atoms with van der Waals surface area (Å²) in [6.45, 7) is 0.392. The van der Waals surface area contributed by atoms with Crippen LogP contribution < -0.4 is 5.32 Å². The molecule has 1 aromatic carbocycles. The fourth-order valence-corrected chi connectivity index (χ4v) is 3.33. The third-order valence-electron chi connectivity index (χ3n) is 4.34. The summed E-state index contributed by atoms with van der Waals surface area (Å²) >= 11 is 6.06. The number of halogens is 1. The summed E-state index contributed by atoms with van der Waals surface area (Å²) in [6, 6.07) is 7.01. The molecular weight excluding hydrogens is 328 g/mol. The highest BCUT2D eigenvalue weighted by atomic mass is 35.5. The maximum absolute atomic E-state index is 12.6. The van der Waals surface area contributed by atoms with Gasteiger partial charge in [0.05, 0.1) is 18.2 Å². The average Bonchev–Trinajstić information content (AvgIpc) is 3.09. The number of hydrogen-bond donors (Lipinski definition) is 1. The lowest BCUT2D eigenvalue weighted by Gasteiger charge is -2.25. The van der Waals surface area contributed by atoms with Gasteiger partial charge in [0.25, 0.3) is 0 Å². The number of rotatable bonds is 4. The van der Waals surface area contributed by atoms with Crippen molar-refractivity contribution in [2.75, 3.05) is 7.05 Å². The molecule has 0 bridgehead atoms. The highest BCUT2D eigenvalue weighted by Gasteiger charge is 2.42. The maximum atomic E-state index is 12.6. The molecule has 2 aromatic rings. The fraction of sp³-hybridized carbons (Fsp3) is 0.353. The topological polar surface area (TPSA) is 67.2 Å². The predicted molar refractivity (Wildman–Crippen MR) is 90.1 cm³/mol. The molecule has 0 saturated carbocycles. The van der Waals surface area contributed by atoms with Crippen molar-refractivity contribution < 1.29 is 9.59 Å². The second-order valence-electron chi connectivity index (χ2n) is 6.06. The molecule has 1 aromatic heterocycles. The van der Waals surface area contributed by atoms with Gasteiger partial charge in [-0.1, -0.05) is 23.7 Å². The standard InChI is InChI=1S/C17H19ClN4O2/c1-21-10-11(9-20-21)8-19-17(24)14-7-15(23)22(2)16(14)12-4-3-5-13(18)6-12/h3-6,9-10,14,16H,7-8H2,1-2H3,(H,19,24)/t14-,16+/m0/s1. The van der Waals surface area contributed by atoms with E-state index in [0.717, 1.165) is 11.1 Å². The van der Waals surface area contributed by atoms with Gasteiger partial charge in [0.1, 0.15) is 0 Å². The van der Waals surface area contributed by atoms with Gasteiger partial charge in [-0.05, 0) is 17.7 Å². The average molecular weight is 347 g/mol. The second-order valence-corrected chi connectivity index (χ2v) is 6.49. The summed E-state index contributed by atoms with van der Waals surface area (Å²) in [5.74, 6) is -0.610. The van der Waals surface area contributed by atoms with Gasteiger partial charge >= 0.3 is 0 Å². The molecule has 0 unspecified atom stereocenters. The molecule has 0 aliphatic carbocycles. The molecule has 3 rings (SSSR count). The van der Waals surface area contributed by atoms with Crippen LogP contribution in [0.5, 0.6) is 0 Å². The number of carbonyl (C=O) groups is 2. The lowest BCUT2D eigenvalue weighted by Crippen LogP contribution is -2.34.